The first-order valence-electron chi connectivity index (χ1n) is 9.08. The van der Waals surface area contributed by atoms with E-state index in [2.05, 4.69) is 53.4 Å². The van der Waals surface area contributed by atoms with E-state index in [-0.39, 0.29) is 0 Å². The maximum Gasteiger partial charge on any atom is 0.569 e. The molecule has 0 amide bonds. The third-order valence-corrected chi connectivity index (χ3v) is 4.53. The van der Waals surface area contributed by atoms with Gasteiger partial charge in [-0.3, -0.25) is 0 Å². The maximum atomic E-state index is 8.82. The summed E-state index contributed by atoms with van der Waals surface area (Å²) in [5.41, 5.74) is 5.51. The molecule has 4 rings (SSSR count). The molecule has 0 heterocycles. The Morgan fingerprint density at radius 3 is 1.57 bits per heavy atom. The van der Waals surface area contributed by atoms with Crippen molar-refractivity contribution in [2.24, 2.45) is 0 Å². The zero-order chi connectivity index (χ0) is 19.2. The smallest absolute Gasteiger partial charge is 0.537 e. The fraction of sp³-hybridized carbons (Fsp3) is 0. The third-order valence-electron chi connectivity index (χ3n) is 4.53. The SMILES string of the molecule is O[B]Oc1ccc(N(c2ccccc2)c2ccc(-c3ccccc3)cc2)cc1. The van der Waals surface area contributed by atoms with Crippen molar-refractivity contribution in [3.8, 4) is 16.9 Å². The van der Waals surface area contributed by atoms with Gasteiger partial charge in [-0.2, -0.15) is 0 Å². The van der Waals surface area contributed by atoms with Crippen molar-refractivity contribution in [3.05, 3.63) is 109 Å². The van der Waals surface area contributed by atoms with Crippen molar-refractivity contribution in [2.45, 2.75) is 0 Å². The number of para-hydroxylation sites is 1. The Morgan fingerprint density at radius 2 is 1.00 bits per heavy atom. The molecular weight excluding hydrogens is 345 g/mol. The highest BCUT2D eigenvalue weighted by atomic mass is 16.5. The summed E-state index contributed by atoms with van der Waals surface area (Å²) in [7, 11) is 0.687. The zero-order valence-corrected chi connectivity index (χ0v) is 15.3. The van der Waals surface area contributed by atoms with Crippen LogP contribution in [0.4, 0.5) is 17.1 Å². The van der Waals surface area contributed by atoms with Gasteiger partial charge in [-0.25, -0.2) is 0 Å². The topological polar surface area (TPSA) is 32.7 Å². The predicted molar refractivity (Wildman–Crippen MR) is 115 cm³/mol. The van der Waals surface area contributed by atoms with Gasteiger partial charge in [0.25, 0.3) is 0 Å². The van der Waals surface area contributed by atoms with Gasteiger partial charge in [0.05, 0.1) is 0 Å². The number of rotatable bonds is 6. The molecule has 135 valence electrons. The summed E-state index contributed by atoms with van der Waals surface area (Å²) in [5, 5.41) is 8.82. The number of nitrogens with zero attached hydrogens (tertiary/aromatic N) is 1. The first-order valence-corrected chi connectivity index (χ1v) is 9.08. The Morgan fingerprint density at radius 1 is 0.536 bits per heavy atom. The molecule has 1 N–H and O–H groups in total. The minimum atomic E-state index is 0.582. The predicted octanol–water partition coefficient (Wildman–Crippen LogP) is 5.73. The lowest BCUT2D eigenvalue weighted by atomic mass is 10.0. The number of anilines is 3. The van der Waals surface area contributed by atoms with Crippen molar-refractivity contribution in [3.63, 3.8) is 0 Å². The standard InChI is InChI=1S/C24H19BNO2/c27-25-28-24-17-15-23(16-18-24)26(21-9-5-2-6-10-21)22-13-11-20(12-14-22)19-7-3-1-4-8-19/h1-18,27H. The Balaban J connectivity index is 1.71. The third kappa shape index (κ3) is 3.92. The molecule has 0 aromatic heterocycles. The van der Waals surface area contributed by atoms with E-state index in [4.69, 9.17) is 9.68 Å². The van der Waals surface area contributed by atoms with Crippen LogP contribution in [0.15, 0.2) is 109 Å². The quantitative estimate of drug-likeness (QED) is 0.444. The minimum absolute atomic E-state index is 0.582. The van der Waals surface area contributed by atoms with Gasteiger partial charge in [0, 0.05) is 17.1 Å². The Labute approximate surface area is 165 Å². The molecule has 0 atom stereocenters. The molecule has 0 unspecified atom stereocenters. The van der Waals surface area contributed by atoms with E-state index in [0.29, 0.717) is 13.4 Å². The molecule has 0 bridgehead atoms. The lowest BCUT2D eigenvalue weighted by Gasteiger charge is -2.25. The van der Waals surface area contributed by atoms with Crippen LogP contribution in [0.3, 0.4) is 0 Å². The fourth-order valence-electron chi connectivity index (χ4n) is 3.19. The Bertz CT molecular complexity index is 1000. The van der Waals surface area contributed by atoms with Crippen LogP contribution in [-0.2, 0) is 0 Å². The van der Waals surface area contributed by atoms with Crippen LogP contribution < -0.4 is 9.55 Å². The van der Waals surface area contributed by atoms with Gasteiger partial charge in [0.2, 0.25) is 0 Å². The first-order chi connectivity index (χ1) is 13.8. The maximum absolute atomic E-state index is 8.82. The Kier molecular flexibility index (Phi) is 5.41. The summed E-state index contributed by atoms with van der Waals surface area (Å²) in [6, 6.07) is 36.7. The van der Waals surface area contributed by atoms with E-state index in [1.54, 1.807) is 0 Å². The van der Waals surface area contributed by atoms with Crippen molar-refractivity contribution in [1.82, 2.24) is 0 Å². The molecule has 0 aliphatic rings. The highest BCUT2D eigenvalue weighted by molar-refractivity contribution is 6.17. The fourth-order valence-corrected chi connectivity index (χ4v) is 3.19. The average Bonchev–Trinajstić information content (AvgIpc) is 2.77. The molecule has 0 spiro atoms. The largest absolute Gasteiger partial charge is 0.569 e. The van der Waals surface area contributed by atoms with Gasteiger partial charge in [0.15, 0.2) is 0 Å². The van der Waals surface area contributed by atoms with Gasteiger partial charge in [0.1, 0.15) is 5.75 Å². The van der Waals surface area contributed by atoms with Crippen LogP contribution in [0, 0.1) is 0 Å². The van der Waals surface area contributed by atoms with Gasteiger partial charge in [-0.05, 0) is 59.7 Å². The van der Waals surface area contributed by atoms with Crippen molar-refractivity contribution in [2.75, 3.05) is 4.90 Å². The summed E-state index contributed by atoms with van der Waals surface area (Å²) in [6.07, 6.45) is 0. The van der Waals surface area contributed by atoms with E-state index in [9.17, 15) is 0 Å². The van der Waals surface area contributed by atoms with Gasteiger partial charge in [-0.15, -0.1) is 0 Å². The summed E-state index contributed by atoms with van der Waals surface area (Å²) in [4.78, 5) is 2.18. The first kappa shape index (κ1) is 17.9. The molecule has 4 aromatic rings. The second kappa shape index (κ2) is 8.46. The second-order valence-electron chi connectivity index (χ2n) is 6.30. The van der Waals surface area contributed by atoms with E-state index >= 15 is 0 Å². The summed E-state index contributed by atoms with van der Waals surface area (Å²) in [6.45, 7) is 0. The normalized spacial score (nSPS) is 10.3. The van der Waals surface area contributed by atoms with Crippen molar-refractivity contribution >= 4 is 24.7 Å². The van der Waals surface area contributed by atoms with Gasteiger partial charge in [-0.1, -0.05) is 60.7 Å². The summed E-state index contributed by atoms with van der Waals surface area (Å²) in [5.74, 6) is 0.582. The van der Waals surface area contributed by atoms with Crippen LogP contribution >= 0.6 is 0 Å². The molecule has 0 fully saturated rings. The highest BCUT2D eigenvalue weighted by Gasteiger charge is 2.12. The molecule has 4 aromatic carbocycles. The van der Waals surface area contributed by atoms with Crippen LogP contribution in [0.2, 0.25) is 0 Å². The second-order valence-corrected chi connectivity index (χ2v) is 6.30. The zero-order valence-electron chi connectivity index (χ0n) is 15.3. The van der Waals surface area contributed by atoms with Crippen LogP contribution in [0.1, 0.15) is 0 Å². The molecule has 0 saturated carbocycles. The Hall–Kier alpha value is -3.50. The summed E-state index contributed by atoms with van der Waals surface area (Å²) >= 11 is 0. The van der Waals surface area contributed by atoms with Gasteiger partial charge >= 0.3 is 7.69 Å². The van der Waals surface area contributed by atoms with E-state index in [0.717, 1.165) is 17.1 Å². The van der Waals surface area contributed by atoms with Crippen LogP contribution in [-0.4, -0.2) is 12.7 Å². The number of benzene rings is 4. The van der Waals surface area contributed by atoms with E-state index < -0.39 is 0 Å². The molecule has 0 aliphatic heterocycles. The molecule has 0 saturated heterocycles. The number of hydrogen-bond donors (Lipinski definition) is 1. The van der Waals surface area contributed by atoms with Crippen molar-refractivity contribution < 1.29 is 9.68 Å². The van der Waals surface area contributed by atoms with E-state index in [1.165, 1.54) is 11.1 Å². The van der Waals surface area contributed by atoms with Crippen molar-refractivity contribution in [1.29, 1.82) is 0 Å². The number of hydrogen-bond acceptors (Lipinski definition) is 3. The highest BCUT2D eigenvalue weighted by Crippen LogP contribution is 2.36. The van der Waals surface area contributed by atoms with E-state index in [1.807, 2.05) is 60.7 Å². The minimum Gasteiger partial charge on any atom is -0.537 e. The molecule has 28 heavy (non-hydrogen) atoms. The molecule has 4 heteroatoms. The lowest BCUT2D eigenvalue weighted by molar-refractivity contribution is 0.454. The van der Waals surface area contributed by atoms with Crippen LogP contribution in [0.5, 0.6) is 5.75 Å². The average molecular weight is 364 g/mol. The van der Waals surface area contributed by atoms with Gasteiger partial charge < -0.3 is 14.6 Å². The molecule has 0 aliphatic carbocycles. The molecule has 1 radical (unpaired) electrons. The lowest BCUT2D eigenvalue weighted by Crippen LogP contribution is -2.09. The summed E-state index contributed by atoms with van der Waals surface area (Å²) < 4.78 is 5.03. The molecule has 3 nitrogen and oxygen atoms in total. The monoisotopic (exact) mass is 364 g/mol. The van der Waals surface area contributed by atoms with Crippen LogP contribution in [0.25, 0.3) is 11.1 Å². The molecular formula is C24H19BNO2.